The molecule has 67 heavy (non-hydrogen) atoms. The molecule has 0 saturated heterocycles. The minimum atomic E-state index is -0.448. The second-order valence-electron chi connectivity index (χ2n) is 17.9. The first kappa shape index (κ1) is 37.6. The minimum Gasteiger partial charge on any atom is -0.310 e. The first-order chi connectivity index (χ1) is 33.3. The summed E-state index contributed by atoms with van der Waals surface area (Å²) >= 11 is 0. The molecular weight excluding hydrogens is 809 g/mol. The molecule has 0 aliphatic heterocycles. The van der Waals surface area contributed by atoms with Crippen molar-refractivity contribution in [3.63, 3.8) is 0 Å². The summed E-state index contributed by atoms with van der Waals surface area (Å²) in [7, 11) is 0. The number of rotatable bonds is 6. The van der Waals surface area contributed by atoms with Crippen LogP contribution in [0, 0.1) is 0 Å². The predicted molar refractivity (Wildman–Crippen MR) is 280 cm³/mol. The third-order valence-corrected chi connectivity index (χ3v) is 14.6. The van der Waals surface area contributed by atoms with E-state index in [9.17, 15) is 0 Å². The number of hydrogen-bond donors (Lipinski definition) is 0. The van der Waals surface area contributed by atoms with Crippen molar-refractivity contribution in [2.24, 2.45) is 0 Å². The standard InChI is InChI=1S/C65H42N2/c1-3-20-44(21-4-1)64-56(49-30-17-22-43-19-7-8-25-48(43)49)31-18-36-62(64)67-61-35-16-12-29-54(61)55-40-38-47(42-63(55)67)66(45-23-5-2-6-24-45)46-37-39-53-52-28-11-15-34-59(52)65(60(53)41-46)57-32-13-9-26-50(57)51-27-10-14-33-58(51)65/h1-42H. The number of fused-ring (bicyclic) bond motifs is 14. The van der Waals surface area contributed by atoms with E-state index in [1.54, 1.807) is 0 Å². The van der Waals surface area contributed by atoms with Crippen molar-refractivity contribution < 1.29 is 0 Å². The number of benzene rings is 11. The summed E-state index contributed by atoms with van der Waals surface area (Å²) in [5.41, 5.74) is 21.7. The summed E-state index contributed by atoms with van der Waals surface area (Å²) in [4.78, 5) is 2.45. The van der Waals surface area contributed by atoms with Gasteiger partial charge in [0.1, 0.15) is 0 Å². The van der Waals surface area contributed by atoms with Gasteiger partial charge in [0.05, 0.1) is 22.1 Å². The molecule has 312 valence electrons. The Morgan fingerprint density at radius 3 is 1.54 bits per heavy atom. The quantitative estimate of drug-likeness (QED) is 0.162. The fraction of sp³-hybridized carbons (Fsp3) is 0.0154. The Morgan fingerprint density at radius 1 is 0.299 bits per heavy atom. The third-order valence-electron chi connectivity index (χ3n) is 14.6. The van der Waals surface area contributed by atoms with Crippen LogP contribution in [0.5, 0.6) is 0 Å². The Morgan fingerprint density at radius 2 is 0.806 bits per heavy atom. The number of aromatic nitrogens is 1. The van der Waals surface area contributed by atoms with E-state index in [1.165, 1.54) is 93.8 Å². The minimum absolute atomic E-state index is 0.448. The van der Waals surface area contributed by atoms with Gasteiger partial charge >= 0.3 is 0 Å². The molecule has 0 fully saturated rings. The molecule has 14 rings (SSSR count). The lowest BCUT2D eigenvalue weighted by atomic mass is 9.70. The molecule has 1 aromatic heterocycles. The molecule has 1 heterocycles. The molecular formula is C65H42N2. The van der Waals surface area contributed by atoms with Crippen LogP contribution >= 0.6 is 0 Å². The molecule has 2 heteroatoms. The van der Waals surface area contributed by atoms with Crippen LogP contribution in [-0.2, 0) is 5.41 Å². The van der Waals surface area contributed by atoms with E-state index in [0.717, 1.165) is 28.3 Å². The first-order valence-corrected chi connectivity index (χ1v) is 23.3. The molecule has 0 atom stereocenters. The Labute approximate surface area is 389 Å². The molecule has 0 amide bonds. The zero-order valence-electron chi connectivity index (χ0n) is 36.6. The second-order valence-corrected chi connectivity index (χ2v) is 17.9. The van der Waals surface area contributed by atoms with E-state index in [1.807, 2.05) is 0 Å². The SMILES string of the molecule is c1ccc(-c2c(-c3cccc4ccccc34)cccc2-n2c3ccccc3c3ccc(N(c4ccccc4)c4ccc5c(c4)C4(c6ccccc6-c6ccccc64)c4ccccc4-5)cc32)cc1. The van der Waals surface area contributed by atoms with Crippen LogP contribution in [0.25, 0.3) is 82.8 Å². The molecule has 0 radical (unpaired) electrons. The van der Waals surface area contributed by atoms with E-state index in [2.05, 4.69) is 264 Å². The van der Waals surface area contributed by atoms with Crippen LogP contribution in [0.4, 0.5) is 17.1 Å². The van der Waals surface area contributed by atoms with E-state index < -0.39 is 5.41 Å². The van der Waals surface area contributed by atoms with Crippen molar-refractivity contribution in [1.29, 1.82) is 0 Å². The maximum atomic E-state index is 2.51. The van der Waals surface area contributed by atoms with Gasteiger partial charge in [0.15, 0.2) is 0 Å². The zero-order valence-corrected chi connectivity index (χ0v) is 36.6. The van der Waals surface area contributed by atoms with Gasteiger partial charge in [0.25, 0.3) is 0 Å². The Hall–Kier alpha value is -8.72. The Kier molecular flexibility index (Phi) is 8.23. The highest BCUT2D eigenvalue weighted by atomic mass is 15.1. The number of hydrogen-bond acceptors (Lipinski definition) is 1. The van der Waals surface area contributed by atoms with Crippen molar-refractivity contribution in [3.05, 3.63) is 277 Å². The summed E-state index contributed by atoms with van der Waals surface area (Å²) in [6, 6.07) is 94.4. The van der Waals surface area contributed by atoms with Gasteiger partial charge in [-0.1, -0.05) is 206 Å². The summed E-state index contributed by atoms with van der Waals surface area (Å²) in [5, 5.41) is 4.91. The van der Waals surface area contributed by atoms with Crippen LogP contribution in [0.2, 0.25) is 0 Å². The van der Waals surface area contributed by atoms with Crippen molar-refractivity contribution in [2.75, 3.05) is 4.90 Å². The highest BCUT2D eigenvalue weighted by Gasteiger charge is 2.51. The highest BCUT2D eigenvalue weighted by molar-refractivity contribution is 6.12. The van der Waals surface area contributed by atoms with Gasteiger partial charge < -0.3 is 9.47 Å². The van der Waals surface area contributed by atoms with Crippen LogP contribution in [-0.4, -0.2) is 4.57 Å². The van der Waals surface area contributed by atoms with Crippen molar-refractivity contribution in [3.8, 4) is 50.2 Å². The van der Waals surface area contributed by atoms with Crippen LogP contribution < -0.4 is 4.90 Å². The van der Waals surface area contributed by atoms with Gasteiger partial charge in [-0.15, -0.1) is 0 Å². The molecule has 0 bridgehead atoms. The molecule has 2 aliphatic rings. The molecule has 11 aromatic carbocycles. The van der Waals surface area contributed by atoms with E-state index >= 15 is 0 Å². The highest BCUT2D eigenvalue weighted by Crippen LogP contribution is 2.63. The molecule has 0 N–H and O–H groups in total. The lowest BCUT2D eigenvalue weighted by Crippen LogP contribution is -2.26. The third kappa shape index (κ3) is 5.39. The van der Waals surface area contributed by atoms with E-state index in [0.29, 0.717) is 0 Å². The van der Waals surface area contributed by atoms with E-state index in [4.69, 9.17) is 0 Å². The largest absolute Gasteiger partial charge is 0.310 e. The summed E-state index contributed by atoms with van der Waals surface area (Å²) in [5.74, 6) is 0. The number of anilines is 3. The van der Waals surface area contributed by atoms with Gasteiger partial charge in [-0.2, -0.15) is 0 Å². The molecule has 0 unspecified atom stereocenters. The average molecular weight is 851 g/mol. The summed E-state index contributed by atoms with van der Waals surface area (Å²) in [6.45, 7) is 0. The lowest BCUT2D eigenvalue weighted by molar-refractivity contribution is 0.793. The van der Waals surface area contributed by atoms with Crippen LogP contribution in [0.3, 0.4) is 0 Å². The maximum absolute atomic E-state index is 2.51. The molecule has 2 nitrogen and oxygen atoms in total. The predicted octanol–water partition coefficient (Wildman–Crippen LogP) is 17.1. The van der Waals surface area contributed by atoms with Gasteiger partial charge in [-0.25, -0.2) is 0 Å². The fourth-order valence-corrected chi connectivity index (χ4v) is 11.9. The number of nitrogens with zero attached hydrogens (tertiary/aromatic N) is 2. The average Bonchev–Trinajstić information content (AvgIpc) is 4.00. The Bertz CT molecular complexity index is 3870. The lowest BCUT2D eigenvalue weighted by Gasteiger charge is -2.32. The van der Waals surface area contributed by atoms with Crippen LogP contribution in [0.1, 0.15) is 22.3 Å². The summed E-state index contributed by atoms with van der Waals surface area (Å²) < 4.78 is 2.51. The monoisotopic (exact) mass is 850 g/mol. The fourth-order valence-electron chi connectivity index (χ4n) is 11.9. The van der Waals surface area contributed by atoms with Gasteiger partial charge in [-0.05, 0) is 121 Å². The van der Waals surface area contributed by atoms with Crippen molar-refractivity contribution in [2.45, 2.75) is 5.41 Å². The maximum Gasteiger partial charge on any atom is 0.0726 e. The van der Waals surface area contributed by atoms with Gasteiger partial charge in [-0.3, -0.25) is 0 Å². The smallest absolute Gasteiger partial charge is 0.0726 e. The van der Waals surface area contributed by atoms with Gasteiger partial charge in [0.2, 0.25) is 0 Å². The number of para-hydroxylation sites is 2. The van der Waals surface area contributed by atoms with Gasteiger partial charge in [0, 0.05) is 33.4 Å². The first-order valence-electron chi connectivity index (χ1n) is 23.3. The Balaban J connectivity index is 1.03. The summed E-state index contributed by atoms with van der Waals surface area (Å²) in [6.07, 6.45) is 0. The zero-order chi connectivity index (χ0) is 44.1. The molecule has 12 aromatic rings. The van der Waals surface area contributed by atoms with Crippen LogP contribution in [0.15, 0.2) is 255 Å². The van der Waals surface area contributed by atoms with Crippen molar-refractivity contribution in [1.82, 2.24) is 4.57 Å². The van der Waals surface area contributed by atoms with Crippen molar-refractivity contribution >= 4 is 49.6 Å². The molecule has 2 aliphatic carbocycles. The second kappa shape index (κ2) is 14.7. The topological polar surface area (TPSA) is 8.17 Å². The van der Waals surface area contributed by atoms with E-state index in [-0.39, 0.29) is 0 Å². The normalized spacial score (nSPS) is 12.9. The molecule has 0 saturated carbocycles. The molecule has 1 spiro atoms.